The van der Waals surface area contributed by atoms with Gasteiger partial charge in [0.05, 0.1) is 43.0 Å². The summed E-state index contributed by atoms with van der Waals surface area (Å²) in [6.45, 7) is 2.16. The number of nitro benzene ring substituents is 4. The minimum absolute atomic E-state index is 0.142. The van der Waals surface area contributed by atoms with Gasteiger partial charge in [0.25, 0.3) is 22.7 Å². The van der Waals surface area contributed by atoms with Crippen molar-refractivity contribution in [3.63, 3.8) is 0 Å². The highest BCUT2D eigenvalue weighted by atomic mass is 16.7. The van der Waals surface area contributed by atoms with E-state index in [1.807, 2.05) is 0 Å². The summed E-state index contributed by atoms with van der Waals surface area (Å²) in [4.78, 5) is 74.7. The molecule has 1 aliphatic rings. The molecule has 0 amide bonds. The standard InChI is InChI=1S/C22H16N8O13/c1-10(22(31)42-4-3-25-11(2)23-9-18(25)30(40)41)43-24-21-14-5-12(26(32)33)7-16(28(36)37)19(14)20-15(21)6-13(27(34)35)8-17(20)29(38)39/h5-10H,3-4H2,1-2H3. The van der Waals surface area contributed by atoms with Crippen molar-refractivity contribution in [1.29, 1.82) is 0 Å². The molecule has 1 aromatic heterocycles. The van der Waals surface area contributed by atoms with Crippen molar-refractivity contribution >= 4 is 40.2 Å². The Balaban J connectivity index is 1.72. The van der Waals surface area contributed by atoms with E-state index in [1.54, 1.807) is 0 Å². The van der Waals surface area contributed by atoms with Crippen LogP contribution in [-0.2, 0) is 20.9 Å². The molecule has 0 radical (unpaired) electrons. The summed E-state index contributed by atoms with van der Waals surface area (Å²) in [6.07, 6.45) is -0.485. The van der Waals surface area contributed by atoms with Gasteiger partial charge in [-0.25, -0.2) is 14.3 Å². The molecule has 222 valence electrons. The number of fused-ring (bicyclic) bond motifs is 3. The molecule has 2 aromatic carbocycles. The topological polar surface area (TPSA) is 281 Å². The molecule has 3 aromatic rings. The summed E-state index contributed by atoms with van der Waals surface area (Å²) in [5.74, 6) is -1.09. The lowest BCUT2D eigenvalue weighted by molar-refractivity contribution is -0.395. The largest absolute Gasteiger partial charge is 0.459 e. The molecule has 0 fully saturated rings. The number of non-ortho nitro benzene ring substituents is 2. The summed E-state index contributed by atoms with van der Waals surface area (Å²) in [7, 11) is 0. The average Bonchev–Trinajstić information content (AvgIpc) is 3.47. The maximum absolute atomic E-state index is 12.5. The SMILES string of the molecule is Cc1ncc([N+](=O)[O-])n1CCOC(=O)C(C)ON=C1c2cc([N+](=O)[O-])cc([N+](=O)[O-])c2-c2c1cc([N+](=O)[O-])cc2[N+](=O)[O-]. The molecule has 0 bridgehead atoms. The van der Waals surface area contributed by atoms with Crippen LogP contribution in [0.4, 0.5) is 28.6 Å². The molecule has 0 N–H and O–H groups in total. The highest BCUT2D eigenvalue weighted by molar-refractivity contribution is 6.27. The number of carbonyl (C=O) groups excluding carboxylic acids is 1. The first-order valence-electron chi connectivity index (χ1n) is 11.7. The normalized spacial score (nSPS) is 12.1. The molecule has 0 spiro atoms. The predicted molar refractivity (Wildman–Crippen MR) is 139 cm³/mol. The number of rotatable bonds is 11. The van der Waals surface area contributed by atoms with E-state index in [4.69, 9.17) is 9.57 Å². The van der Waals surface area contributed by atoms with E-state index < -0.39 is 76.3 Å². The van der Waals surface area contributed by atoms with Crippen molar-refractivity contribution in [3.05, 3.63) is 98.0 Å². The van der Waals surface area contributed by atoms with Crippen LogP contribution >= 0.6 is 0 Å². The van der Waals surface area contributed by atoms with Crippen LogP contribution in [0.3, 0.4) is 0 Å². The number of hydrogen-bond acceptors (Lipinski definition) is 15. The Bertz CT molecular complexity index is 1700. The third-order valence-electron chi connectivity index (χ3n) is 6.19. The molecule has 0 saturated carbocycles. The van der Waals surface area contributed by atoms with E-state index >= 15 is 0 Å². The van der Waals surface area contributed by atoms with Crippen molar-refractivity contribution in [1.82, 2.24) is 9.55 Å². The summed E-state index contributed by atoms with van der Waals surface area (Å²) in [6, 6.07) is 2.79. The van der Waals surface area contributed by atoms with Gasteiger partial charge in [0.15, 0.2) is 5.82 Å². The second kappa shape index (κ2) is 11.2. The number of aryl methyl sites for hydroxylation is 1. The zero-order valence-electron chi connectivity index (χ0n) is 21.8. The predicted octanol–water partition coefficient (Wildman–Crippen LogP) is 3.11. The molecule has 43 heavy (non-hydrogen) atoms. The fourth-order valence-corrected chi connectivity index (χ4v) is 4.27. The first-order valence-corrected chi connectivity index (χ1v) is 11.7. The van der Waals surface area contributed by atoms with Gasteiger partial charge in [0.1, 0.15) is 25.1 Å². The Kier molecular flexibility index (Phi) is 7.72. The number of imidazole rings is 1. The number of aromatic nitrogens is 2. The van der Waals surface area contributed by atoms with Gasteiger partial charge in [0.2, 0.25) is 6.10 Å². The van der Waals surface area contributed by atoms with Crippen LogP contribution < -0.4 is 0 Å². The van der Waals surface area contributed by atoms with Crippen LogP contribution in [0.2, 0.25) is 0 Å². The maximum atomic E-state index is 12.5. The van der Waals surface area contributed by atoms with Gasteiger partial charge in [0, 0.05) is 30.2 Å². The van der Waals surface area contributed by atoms with E-state index in [2.05, 4.69) is 10.1 Å². The fraction of sp³-hybridized carbons (Fsp3) is 0.227. The molecule has 21 nitrogen and oxygen atoms in total. The van der Waals surface area contributed by atoms with E-state index in [9.17, 15) is 55.4 Å². The summed E-state index contributed by atoms with van der Waals surface area (Å²) in [5.41, 5.74) is -5.62. The minimum atomic E-state index is -1.51. The highest BCUT2D eigenvalue weighted by Crippen LogP contribution is 2.50. The lowest BCUT2D eigenvalue weighted by Gasteiger charge is -2.11. The lowest BCUT2D eigenvalue weighted by atomic mass is 10.0. The quantitative estimate of drug-likeness (QED) is 0.136. The van der Waals surface area contributed by atoms with Crippen molar-refractivity contribution < 1.29 is 39.0 Å². The van der Waals surface area contributed by atoms with Gasteiger partial charge < -0.3 is 19.7 Å². The number of nitro groups is 5. The van der Waals surface area contributed by atoms with Crippen molar-refractivity contribution in [2.75, 3.05) is 6.61 Å². The van der Waals surface area contributed by atoms with Crippen LogP contribution in [0.1, 0.15) is 23.9 Å². The Labute approximate surface area is 236 Å². The smallest absolute Gasteiger partial charge is 0.350 e. The highest BCUT2D eigenvalue weighted by Gasteiger charge is 2.42. The first kappa shape index (κ1) is 29.6. The van der Waals surface area contributed by atoms with Crippen LogP contribution in [-0.4, -0.2) is 58.6 Å². The van der Waals surface area contributed by atoms with Crippen LogP contribution in [0.15, 0.2) is 35.6 Å². The van der Waals surface area contributed by atoms with E-state index in [0.717, 1.165) is 18.3 Å². The summed E-state index contributed by atoms with van der Waals surface area (Å²) >= 11 is 0. The number of ether oxygens (including phenoxy) is 1. The second-order valence-corrected chi connectivity index (χ2v) is 8.73. The Hall–Kier alpha value is -6.41. The molecule has 0 saturated heterocycles. The number of hydrogen-bond donors (Lipinski definition) is 0. The van der Waals surface area contributed by atoms with Crippen LogP contribution in [0, 0.1) is 57.5 Å². The van der Waals surface area contributed by atoms with Crippen molar-refractivity contribution in [2.45, 2.75) is 26.5 Å². The maximum Gasteiger partial charge on any atom is 0.350 e. The molecular weight excluding hydrogens is 584 g/mol. The summed E-state index contributed by atoms with van der Waals surface area (Å²) in [5, 5.41) is 61.6. The van der Waals surface area contributed by atoms with Gasteiger partial charge in [-0.1, -0.05) is 5.16 Å². The third-order valence-corrected chi connectivity index (χ3v) is 6.19. The van der Waals surface area contributed by atoms with Gasteiger partial charge in [-0.15, -0.1) is 0 Å². The number of nitrogens with zero attached hydrogens (tertiary/aromatic N) is 8. The van der Waals surface area contributed by atoms with E-state index in [1.165, 1.54) is 18.4 Å². The van der Waals surface area contributed by atoms with Crippen molar-refractivity contribution in [3.8, 4) is 11.1 Å². The molecule has 1 atom stereocenters. The van der Waals surface area contributed by atoms with Crippen LogP contribution in [0.5, 0.6) is 0 Å². The van der Waals surface area contributed by atoms with Crippen molar-refractivity contribution in [2.24, 2.45) is 5.16 Å². The molecular formula is C22H16N8O13. The number of oxime groups is 1. The third kappa shape index (κ3) is 5.48. The Morgan fingerprint density at radius 3 is 1.81 bits per heavy atom. The number of esters is 1. The summed E-state index contributed by atoms with van der Waals surface area (Å²) < 4.78 is 6.25. The number of carbonyl (C=O) groups is 1. The molecule has 1 unspecified atom stereocenters. The van der Waals surface area contributed by atoms with Crippen LogP contribution in [0.25, 0.3) is 11.1 Å². The van der Waals surface area contributed by atoms with E-state index in [0.29, 0.717) is 12.1 Å². The molecule has 4 rings (SSSR count). The Morgan fingerprint density at radius 2 is 1.37 bits per heavy atom. The average molecular weight is 600 g/mol. The minimum Gasteiger partial charge on any atom is -0.459 e. The van der Waals surface area contributed by atoms with Gasteiger partial charge in [-0.05, 0) is 11.8 Å². The van der Waals surface area contributed by atoms with Gasteiger partial charge in [-0.3, -0.25) is 40.5 Å². The monoisotopic (exact) mass is 600 g/mol. The van der Waals surface area contributed by atoms with Gasteiger partial charge in [-0.2, -0.15) is 0 Å². The molecule has 0 aliphatic heterocycles. The van der Waals surface area contributed by atoms with E-state index in [-0.39, 0.29) is 35.9 Å². The first-order chi connectivity index (χ1) is 20.2. The molecule has 21 heteroatoms. The lowest BCUT2D eigenvalue weighted by Crippen LogP contribution is -2.24. The fourth-order valence-electron chi connectivity index (χ4n) is 4.27. The zero-order valence-corrected chi connectivity index (χ0v) is 21.8. The second-order valence-electron chi connectivity index (χ2n) is 8.73. The van der Waals surface area contributed by atoms with Gasteiger partial charge >= 0.3 is 11.8 Å². The zero-order chi connectivity index (χ0) is 31.7. The molecule has 1 aliphatic carbocycles. The molecule has 1 heterocycles. The Morgan fingerprint density at radius 1 is 0.860 bits per heavy atom. The number of benzene rings is 2.